The molecule has 1 heterocycles. The molecule has 0 saturated carbocycles. The van der Waals surface area contributed by atoms with Crippen LogP contribution >= 0.6 is 0 Å². The summed E-state index contributed by atoms with van der Waals surface area (Å²) in [5.74, 6) is -0.134. The standard InChI is InChI=1S/C16H23NO3/c1-12(14-8-5-6-10-17(14)2)20-15-9-4-3-7-13(15)11-16(18)19/h3-4,7,9,12,14H,5-6,8,10-11H2,1-2H3,(H,18,19). The molecule has 0 aromatic heterocycles. The summed E-state index contributed by atoms with van der Waals surface area (Å²) in [5, 5.41) is 8.95. The largest absolute Gasteiger partial charge is 0.489 e. The van der Waals surface area contributed by atoms with Crippen molar-refractivity contribution in [3.8, 4) is 5.75 Å². The summed E-state index contributed by atoms with van der Waals surface area (Å²) in [5.41, 5.74) is 0.741. The predicted molar refractivity (Wildman–Crippen MR) is 78.1 cm³/mol. The Kier molecular flexibility index (Phi) is 5.01. The second-order valence-corrected chi connectivity index (χ2v) is 5.54. The number of likely N-dealkylation sites (tertiary alicyclic amines) is 1. The van der Waals surface area contributed by atoms with Crippen molar-refractivity contribution in [3.05, 3.63) is 29.8 Å². The quantitative estimate of drug-likeness (QED) is 0.898. The first kappa shape index (κ1) is 14.9. The number of likely N-dealkylation sites (N-methyl/N-ethyl adjacent to an activating group) is 1. The minimum Gasteiger partial charge on any atom is -0.489 e. The molecular formula is C16H23NO3. The highest BCUT2D eigenvalue weighted by molar-refractivity contribution is 5.71. The Balaban J connectivity index is 2.06. The average molecular weight is 277 g/mol. The number of hydrogen-bond donors (Lipinski definition) is 1. The predicted octanol–water partition coefficient (Wildman–Crippen LogP) is 2.57. The third-order valence-electron chi connectivity index (χ3n) is 4.00. The second kappa shape index (κ2) is 6.75. The van der Waals surface area contributed by atoms with Gasteiger partial charge in [0.2, 0.25) is 0 Å². The Morgan fingerprint density at radius 1 is 1.45 bits per heavy atom. The number of carboxylic acid groups (broad SMARTS) is 1. The maximum atomic E-state index is 10.9. The molecule has 1 aliphatic rings. The summed E-state index contributed by atoms with van der Waals surface area (Å²) in [4.78, 5) is 13.2. The molecule has 0 bridgehead atoms. The number of carbonyl (C=O) groups is 1. The van der Waals surface area contributed by atoms with Crippen LogP contribution in [0.25, 0.3) is 0 Å². The van der Waals surface area contributed by atoms with E-state index in [9.17, 15) is 4.79 Å². The molecule has 2 unspecified atom stereocenters. The zero-order valence-electron chi connectivity index (χ0n) is 12.2. The molecule has 110 valence electrons. The molecule has 0 radical (unpaired) electrons. The van der Waals surface area contributed by atoms with E-state index in [-0.39, 0.29) is 12.5 Å². The van der Waals surface area contributed by atoms with Gasteiger partial charge < -0.3 is 9.84 Å². The van der Waals surface area contributed by atoms with Gasteiger partial charge in [-0.1, -0.05) is 24.6 Å². The number of piperidine rings is 1. The lowest BCUT2D eigenvalue weighted by Gasteiger charge is -2.36. The van der Waals surface area contributed by atoms with Crippen molar-refractivity contribution in [2.75, 3.05) is 13.6 Å². The van der Waals surface area contributed by atoms with Gasteiger partial charge in [0.25, 0.3) is 0 Å². The lowest BCUT2D eigenvalue weighted by atomic mass is 9.98. The van der Waals surface area contributed by atoms with Crippen molar-refractivity contribution in [2.24, 2.45) is 0 Å². The van der Waals surface area contributed by atoms with Gasteiger partial charge >= 0.3 is 5.97 Å². The number of para-hydroxylation sites is 1. The molecule has 2 rings (SSSR count). The molecule has 1 aromatic carbocycles. The van der Waals surface area contributed by atoms with Crippen LogP contribution in [0.15, 0.2) is 24.3 Å². The van der Waals surface area contributed by atoms with Gasteiger partial charge in [-0.2, -0.15) is 0 Å². The fourth-order valence-electron chi connectivity index (χ4n) is 2.90. The van der Waals surface area contributed by atoms with E-state index in [2.05, 4.69) is 18.9 Å². The maximum Gasteiger partial charge on any atom is 0.307 e. The van der Waals surface area contributed by atoms with Gasteiger partial charge in [-0.25, -0.2) is 0 Å². The highest BCUT2D eigenvalue weighted by atomic mass is 16.5. The Labute approximate surface area is 120 Å². The van der Waals surface area contributed by atoms with Crippen molar-refractivity contribution in [1.82, 2.24) is 4.90 Å². The van der Waals surface area contributed by atoms with Crippen molar-refractivity contribution in [2.45, 2.75) is 44.8 Å². The minimum absolute atomic E-state index is 0.00337. The molecule has 2 atom stereocenters. The lowest BCUT2D eigenvalue weighted by Crippen LogP contribution is -2.45. The van der Waals surface area contributed by atoms with Crippen molar-refractivity contribution < 1.29 is 14.6 Å². The molecule has 4 heteroatoms. The Morgan fingerprint density at radius 3 is 2.90 bits per heavy atom. The van der Waals surface area contributed by atoms with Gasteiger partial charge in [0.05, 0.1) is 6.42 Å². The Morgan fingerprint density at radius 2 is 2.20 bits per heavy atom. The second-order valence-electron chi connectivity index (χ2n) is 5.54. The maximum absolute atomic E-state index is 10.9. The summed E-state index contributed by atoms with van der Waals surface area (Å²) in [6.45, 7) is 3.18. The minimum atomic E-state index is -0.830. The van der Waals surface area contributed by atoms with E-state index in [0.29, 0.717) is 11.8 Å². The van der Waals surface area contributed by atoms with Crippen LogP contribution in [0, 0.1) is 0 Å². The van der Waals surface area contributed by atoms with Crippen LogP contribution in [0.1, 0.15) is 31.7 Å². The van der Waals surface area contributed by atoms with Crippen LogP contribution in [0.5, 0.6) is 5.75 Å². The fourth-order valence-corrected chi connectivity index (χ4v) is 2.90. The summed E-state index contributed by atoms with van der Waals surface area (Å²) >= 11 is 0. The zero-order chi connectivity index (χ0) is 14.5. The number of benzene rings is 1. The van der Waals surface area contributed by atoms with Crippen LogP contribution in [-0.2, 0) is 11.2 Å². The number of carboxylic acids is 1. The van der Waals surface area contributed by atoms with Gasteiger partial charge in [0.15, 0.2) is 0 Å². The summed E-state index contributed by atoms with van der Waals surface area (Å²) in [6.07, 6.45) is 3.69. The van der Waals surface area contributed by atoms with Gasteiger partial charge in [-0.05, 0) is 39.4 Å². The monoisotopic (exact) mass is 277 g/mol. The molecule has 0 amide bonds. The number of hydrogen-bond acceptors (Lipinski definition) is 3. The number of nitrogens with zero attached hydrogens (tertiary/aromatic N) is 1. The van der Waals surface area contributed by atoms with E-state index in [0.717, 1.165) is 18.5 Å². The average Bonchev–Trinajstić information content (AvgIpc) is 2.41. The van der Waals surface area contributed by atoms with Crippen molar-refractivity contribution in [3.63, 3.8) is 0 Å². The topological polar surface area (TPSA) is 49.8 Å². The lowest BCUT2D eigenvalue weighted by molar-refractivity contribution is -0.136. The summed E-state index contributed by atoms with van der Waals surface area (Å²) in [6, 6.07) is 7.82. The summed E-state index contributed by atoms with van der Waals surface area (Å²) in [7, 11) is 2.13. The van der Waals surface area contributed by atoms with Gasteiger partial charge in [0, 0.05) is 11.6 Å². The first-order valence-corrected chi connectivity index (χ1v) is 7.24. The van der Waals surface area contributed by atoms with E-state index in [1.807, 2.05) is 24.3 Å². The Bertz CT molecular complexity index is 461. The highest BCUT2D eigenvalue weighted by Crippen LogP contribution is 2.25. The van der Waals surface area contributed by atoms with E-state index < -0.39 is 5.97 Å². The van der Waals surface area contributed by atoms with Gasteiger partial charge in [0.1, 0.15) is 11.9 Å². The molecule has 1 aromatic rings. The van der Waals surface area contributed by atoms with Crippen LogP contribution in [0.2, 0.25) is 0 Å². The molecule has 1 N–H and O–H groups in total. The third kappa shape index (κ3) is 3.73. The first-order chi connectivity index (χ1) is 9.58. The van der Waals surface area contributed by atoms with E-state index in [1.165, 1.54) is 12.8 Å². The van der Waals surface area contributed by atoms with Gasteiger partial charge in [-0.3, -0.25) is 9.69 Å². The molecule has 1 fully saturated rings. The van der Waals surface area contributed by atoms with Crippen LogP contribution in [-0.4, -0.2) is 41.7 Å². The van der Waals surface area contributed by atoms with E-state index in [1.54, 1.807) is 0 Å². The molecule has 0 aliphatic carbocycles. The zero-order valence-corrected chi connectivity index (χ0v) is 12.2. The van der Waals surface area contributed by atoms with Crippen LogP contribution in [0.4, 0.5) is 0 Å². The smallest absolute Gasteiger partial charge is 0.307 e. The number of rotatable bonds is 5. The molecule has 0 spiro atoms. The van der Waals surface area contributed by atoms with E-state index >= 15 is 0 Å². The van der Waals surface area contributed by atoms with E-state index in [4.69, 9.17) is 9.84 Å². The number of aliphatic carboxylic acids is 1. The third-order valence-corrected chi connectivity index (χ3v) is 4.00. The highest BCUT2D eigenvalue weighted by Gasteiger charge is 2.26. The molecule has 1 saturated heterocycles. The normalized spacial score (nSPS) is 21.4. The molecular weight excluding hydrogens is 254 g/mol. The SMILES string of the molecule is CC(Oc1ccccc1CC(=O)O)C1CCCCN1C. The summed E-state index contributed by atoms with van der Waals surface area (Å²) < 4.78 is 6.05. The molecule has 20 heavy (non-hydrogen) atoms. The van der Waals surface area contributed by atoms with Crippen LogP contribution < -0.4 is 4.74 Å². The Hall–Kier alpha value is -1.55. The fraction of sp³-hybridized carbons (Fsp3) is 0.562. The van der Waals surface area contributed by atoms with Crippen LogP contribution in [0.3, 0.4) is 0 Å². The number of ether oxygens (including phenoxy) is 1. The van der Waals surface area contributed by atoms with Gasteiger partial charge in [-0.15, -0.1) is 0 Å². The van der Waals surface area contributed by atoms with Crippen molar-refractivity contribution in [1.29, 1.82) is 0 Å². The molecule has 4 nitrogen and oxygen atoms in total. The van der Waals surface area contributed by atoms with Crippen molar-refractivity contribution >= 4 is 5.97 Å². The first-order valence-electron chi connectivity index (χ1n) is 7.24. The molecule has 1 aliphatic heterocycles.